The Bertz CT molecular complexity index is 843. The molecule has 1 aliphatic rings. The molecule has 0 bridgehead atoms. The number of carbonyl (C=O) groups excluding carboxylic acids is 1. The highest BCUT2D eigenvalue weighted by Gasteiger charge is 2.25. The number of oxazole rings is 1. The number of amides is 1. The molecule has 2 heterocycles. The van der Waals surface area contributed by atoms with Gasteiger partial charge in [-0.15, -0.1) is 0 Å². The summed E-state index contributed by atoms with van der Waals surface area (Å²) in [6.45, 7) is 4.34. The summed E-state index contributed by atoms with van der Waals surface area (Å²) in [6.07, 6.45) is 4.08. The highest BCUT2D eigenvalue weighted by Crippen LogP contribution is 2.24. The minimum Gasteiger partial charge on any atom is -0.420 e. The third kappa shape index (κ3) is 4.06. The predicted molar refractivity (Wildman–Crippen MR) is 101 cm³/mol. The van der Waals surface area contributed by atoms with E-state index in [2.05, 4.69) is 11.1 Å². The van der Waals surface area contributed by atoms with E-state index in [1.807, 2.05) is 34.9 Å². The SMILES string of the molecule is CCC(=O)N1CCN(c2oc(C=Cc3ccc(Cl)cc3)nc2C#N)CC1. The molecule has 2 aromatic rings. The van der Waals surface area contributed by atoms with Crippen LogP contribution >= 0.6 is 11.6 Å². The van der Waals surface area contributed by atoms with E-state index in [1.165, 1.54) is 0 Å². The van der Waals surface area contributed by atoms with Gasteiger partial charge in [-0.05, 0) is 23.8 Å². The second-order valence-electron chi connectivity index (χ2n) is 5.92. The van der Waals surface area contributed by atoms with E-state index in [-0.39, 0.29) is 11.6 Å². The molecule has 0 N–H and O–H groups in total. The van der Waals surface area contributed by atoms with Gasteiger partial charge in [-0.3, -0.25) is 4.79 Å². The Balaban J connectivity index is 1.72. The van der Waals surface area contributed by atoms with Gasteiger partial charge < -0.3 is 14.2 Å². The Morgan fingerprint density at radius 1 is 1.27 bits per heavy atom. The molecule has 1 fully saturated rings. The number of nitrogens with zero attached hydrogens (tertiary/aromatic N) is 4. The van der Waals surface area contributed by atoms with Crippen LogP contribution in [0.2, 0.25) is 5.02 Å². The normalized spacial score (nSPS) is 14.7. The van der Waals surface area contributed by atoms with E-state index in [4.69, 9.17) is 16.0 Å². The van der Waals surface area contributed by atoms with Crippen LogP contribution in [0.4, 0.5) is 5.88 Å². The molecule has 0 spiro atoms. The molecule has 1 amide bonds. The van der Waals surface area contributed by atoms with Crippen molar-refractivity contribution in [1.82, 2.24) is 9.88 Å². The fraction of sp³-hybridized carbons (Fsp3) is 0.316. The number of nitriles is 1. The number of hydrogen-bond donors (Lipinski definition) is 0. The summed E-state index contributed by atoms with van der Waals surface area (Å²) in [6, 6.07) is 9.47. The van der Waals surface area contributed by atoms with Crippen molar-refractivity contribution in [2.45, 2.75) is 13.3 Å². The Morgan fingerprint density at radius 2 is 1.96 bits per heavy atom. The zero-order valence-corrected chi connectivity index (χ0v) is 15.2. The van der Waals surface area contributed by atoms with Crippen LogP contribution in [0.1, 0.15) is 30.5 Å². The number of benzene rings is 1. The lowest BCUT2D eigenvalue weighted by Crippen LogP contribution is -2.48. The summed E-state index contributed by atoms with van der Waals surface area (Å²) in [5, 5.41) is 10.0. The molecule has 1 aromatic carbocycles. The molecule has 0 atom stereocenters. The van der Waals surface area contributed by atoms with E-state index in [0.29, 0.717) is 49.4 Å². The first-order valence-electron chi connectivity index (χ1n) is 8.48. The number of anilines is 1. The first kappa shape index (κ1) is 18.0. The smallest absolute Gasteiger partial charge is 0.235 e. The molecule has 0 saturated carbocycles. The molecule has 7 heteroatoms. The first-order valence-corrected chi connectivity index (χ1v) is 8.85. The van der Waals surface area contributed by atoms with Crippen molar-refractivity contribution in [3.63, 3.8) is 0 Å². The Morgan fingerprint density at radius 3 is 2.58 bits per heavy atom. The molecule has 26 heavy (non-hydrogen) atoms. The quantitative estimate of drug-likeness (QED) is 0.824. The van der Waals surface area contributed by atoms with Crippen molar-refractivity contribution >= 4 is 35.5 Å². The van der Waals surface area contributed by atoms with Crippen molar-refractivity contribution in [1.29, 1.82) is 5.26 Å². The zero-order chi connectivity index (χ0) is 18.5. The van der Waals surface area contributed by atoms with Crippen LogP contribution in [0.5, 0.6) is 0 Å². The molecular weight excluding hydrogens is 352 g/mol. The average molecular weight is 371 g/mol. The number of hydrogen-bond acceptors (Lipinski definition) is 5. The lowest BCUT2D eigenvalue weighted by Gasteiger charge is -2.34. The number of piperazine rings is 1. The summed E-state index contributed by atoms with van der Waals surface area (Å²) >= 11 is 5.88. The number of aromatic nitrogens is 1. The fourth-order valence-corrected chi connectivity index (χ4v) is 2.94. The maximum atomic E-state index is 11.8. The standard InChI is InChI=1S/C19H19ClN4O2/c1-2-18(25)23-9-11-24(12-10-23)19-16(13-21)22-17(26-19)8-5-14-3-6-15(20)7-4-14/h3-8H,2,9-12H2,1H3. The van der Waals surface area contributed by atoms with E-state index in [9.17, 15) is 10.1 Å². The van der Waals surface area contributed by atoms with Gasteiger partial charge in [-0.25, -0.2) is 0 Å². The maximum absolute atomic E-state index is 11.8. The average Bonchev–Trinajstić information content (AvgIpc) is 3.10. The van der Waals surface area contributed by atoms with Crippen LogP contribution in [0.25, 0.3) is 12.2 Å². The molecule has 3 rings (SSSR count). The van der Waals surface area contributed by atoms with Crippen molar-refractivity contribution < 1.29 is 9.21 Å². The Kier molecular flexibility index (Phi) is 5.59. The minimum atomic E-state index is 0.148. The Labute approximate surface area is 157 Å². The van der Waals surface area contributed by atoms with Gasteiger partial charge in [0.05, 0.1) is 0 Å². The van der Waals surface area contributed by atoms with Crippen molar-refractivity contribution in [2.24, 2.45) is 0 Å². The number of halogens is 1. The van der Waals surface area contributed by atoms with Gasteiger partial charge in [0.25, 0.3) is 0 Å². The summed E-state index contributed by atoms with van der Waals surface area (Å²) in [4.78, 5) is 19.8. The summed E-state index contributed by atoms with van der Waals surface area (Å²) in [5.41, 5.74) is 1.22. The second kappa shape index (κ2) is 8.07. The lowest BCUT2D eigenvalue weighted by molar-refractivity contribution is -0.131. The third-order valence-electron chi connectivity index (χ3n) is 4.24. The summed E-state index contributed by atoms with van der Waals surface area (Å²) < 4.78 is 5.79. The third-order valence-corrected chi connectivity index (χ3v) is 4.49. The van der Waals surface area contributed by atoms with Crippen LogP contribution in [-0.4, -0.2) is 42.0 Å². The molecule has 1 aliphatic heterocycles. The van der Waals surface area contributed by atoms with Gasteiger partial charge in [-0.1, -0.05) is 30.7 Å². The summed E-state index contributed by atoms with van der Waals surface area (Å²) in [5.74, 6) is 0.986. The zero-order valence-electron chi connectivity index (χ0n) is 14.5. The molecule has 0 aliphatic carbocycles. The van der Waals surface area contributed by atoms with Gasteiger partial charge in [0, 0.05) is 43.7 Å². The Hall–Kier alpha value is -2.78. The molecule has 0 radical (unpaired) electrons. The van der Waals surface area contributed by atoms with E-state index >= 15 is 0 Å². The molecule has 6 nitrogen and oxygen atoms in total. The lowest BCUT2D eigenvalue weighted by atomic mass is 10.2. The molecule has 1 aromatic heterocycles. The van der Waals surface area contributed by atoms with Gasteiger partial charge in [0.2, 0.25) is 23.4 Å². The van der Waals surface area contributed by atoms with Gasteiger partial charge in [0.1, 0.15) is 6.07 Å². The van der Waals surface area contributed by atoms with Gasteiger partial charge in [-0.2, -0.15) is 10.2 Å². The van der Waals surface area contributed by atoms with Crippen LogP contribution in [0.15, 0.2) is 28.7 Å². The largest absolute Gasteiger partial charge is 0.420 e. The number of carbonyl (C=O) groups is 1. The monoisotopic (exact) mass is 370 g/mol. The van der Waals surface area contributed by atoms with E-state index in [1.54, 1.807) is 18.2 Å². The van der Waals surface area contributed by atoms with Crippen molar-refractivity contribution in [3.8, 4) is 6.07 Å². The fourth-order valence-electron chi connectivity index (χ4n) is 2.81. The van der Waals surface area contributed by atoms with Crippen LogP contribution in [0, 0.1) is 11.3 Å². The van der Waals surface area contributed by atoms with Crippen LogP contribution in [-0.2, 0) is 4.79 Å². The van der Waals surface area contributed by atoms with E-state index in [0.717, 1.165) is 5.56 Å². The van der Waals surface area contributed by atoms with Crippen LogP contribution < -0.4 is 4.90 Å². The van der Waals surface area contributed by atoms with Crippen molar-refractivity contribution in [2.75, 3.05) is 31.1 Å². The predicted octanol–water partition coefficient (Wildman–Crippen LogP) is 3.43. The first-order chi connectivity index (χ1) is 12.6. The van der Waals surface area contributed by atoms with Gasteiger partial charge >= 0.3 is 0 Å². The highest BCUT2D eigenvalue weighted by atomic mass is 35.5. The van der Waals surface area contributed by atoms with Gasteiger partial charge in [0.15, 0.2) is 0 Å². The highest BCUT2D eigenvalue weighted by molar-refractivity contribution is 6.30. The molecule has 134 valence electrons. The molecular formula is C19H19ClN4O2. The van der Waals surface area contributed by atoms with Crippen molar-refractivity contribution in [3.05, 3.63) is 46.4 Å². The van der Waals surface area contributed by atoms with E-state index < -0.39 is 0 Å². The topological polar surface area (TPSA) is 73.4 Å². The number of rotatable bonds is 4. The molecule has 1 saturated heterocycles. The maximum Gasteiger partial charge on any atom is 0.235 e. The minimum absolute atomic E-state index is 0.148. The van der Waals surface area contributed by atoms with Crippen LogP contribution in [0.3, 0.4) is 0 Å². The second-order valence-corrected chi connectivity index (χ2v) is 6.36. The summed E-state index contributed by atoms with van der Waals surface area (Å²) in [7, 11) is 0. The molecule has 0 unspecified atom stereocenters.